The van der Waals surface area contributed by atoms with E-state index >= 15 is 0 Å². The first-order valence-corrected chi connectivity index (χ1v) is 7.64. The van der Waals surface area contributed by atoms with Gasteiger partial charge < -0.3 is 4.57 Å². The molecule has 1 aliphatic rings. The average Bonchev–Trinajstić information content (AvgIpc) is 3.21. The van der Waals surface area contributed by atoms with Gasteiger partial charge in [-0.25, -0.2) is 9.67 Å². The van der Waals surface area contributed by atoms with E-state index in [1.807, 2.05) is 11.6 Å². The van der Waals surface area contributed by atoms with Gasteiger partial charge in [-0.1, -0.05) is 12.1 Å². The van der Waals surface area contributed by atoms with E-state index in [0.717, 1.165) is 11.6 Å². The maximum Gasteiger partial charge on any atom is 0.270 e. The molecule has 2 heterocycles. The maximum atomic E-state index is 10.9. The summed E-state index contributed by atoms with van der Waals surface area (Å²) in [7, 11) is 1.96. The van der Waals surface area contributed by atoms with Gasteiger partial charge in [-0.2, -0.15) is 5.10 Å². The van der Waals surface area contributed by atoms with Crippen molar-refractivity contribution in [2.45, 2.75) is 25.3 Å². The van der Waals surface area contributed by atoms with Crippen LogP contribution in [0.15, 0.2) is 30.6 Å². The second kappa shape index (κ2) is 5.52. The normalized spacial score (nSPS) is 14.0. The first-order valence-electron chi connectivity index (χ1n) is 7.64. The molecule has 1 aliphatic carbocycles. The number of non-ortho nitro benzene ring substituents is 1. The molecule has 122 valence electrons. The fourth-order valence-corrected chi connectivity index (χ4v) is 2.62. The van der Waals surface area contributed by atoms with E-state index in [1.165, 1.54) is 25.0 Å². The smallest absolute Gasteiger partial charge is 0.270 e. The van der Waals surface area contributed by atoms with E-state index in [0.29, 0.717) is 23.9 Å². The minimum absolute atomic E-state index is 0.0197. The summed E-state index contributed by atoms with van der Waals surface area (Å²) in [4.78, 5) is 14.7. The Morgan fingerprint density at radius 1 is 1.33 bits per heavy atom. The van der Waals surface area contributed by atoms with Gasteiger partial charge in [0.1, 0.15) is 18.7 Å². The molecule has 3 aromatic rings. The van der Waals surface area contributed by atoms with Crippen molar-refractivity contribution in [3.8, 4) is 11.4 Å². The molecule has 0 spiro atoms. The molecule has 2 aromatic heterocycles. The van der Waals surface area contributed by atoms with E-state index in [2.05, 4.69) is 20.3 Å². The number of aromatic nitrogens is 6. The molecular weight excluding hydrogens is 310 g/mol. The summed E-state index contributed by atoms with van der Waals surface area (Å²) in [6.45, 7) is 0.456. The van der Waals surface area contributed by atoms with Crippen molar-refractivity contribution in [1.82, 2.24) is 29.5 Å². The third kappa shape index (κ3) is 2.64. The van der Waals surface area contributed by atoms with E-state index in [9.17, 15) is 10.1 Å². The molecule has 4 rings (SSSR count). The molecular formula is C15H15N7O2. The maximum absolute atomic E-state index is 10.9. The van der Waals surface area contributed by atoms with Gasteiger partial charge in [-0.3, -0.25) is 10.1 Å². The fourth-order valence-electron chi connectivity index (χ4n) is 2.62. The van der Waals surface area contributed by atoms with Crippen LogP contribution in [-0.2, 0) is 13.6 Å². The highest BCUT2D eigenvalue weighted by Crippen LogP contribution is 2.38. The summed E-state index contributed by atoms with van der Waals surface area (Å²) < 4.78 is 3.67. The van der Waals surface area contributed by atoms with Crippen molar-refractivity contribution in [2.75, 3.05) is 0 Å². The molecule has 9 nitrogen and oxygen atoms in total. The minimum atomic E-state index is -0.431. The van der Waals surface area contributed by atoms with Crippen LogP contribution in [0.5, 0.6) is 0 Å². The van der Waals surface area contributed by atoms with Crippen LogP contribution in [0.25, 0.3) is 11.4 Å². The van der Waals surface area contributed by atoms with Crippen LogP contribution in [0.3, 0.4) is 0 Å². The minimum Gasteiger partial charge on any atom is -0.316 e. The molecule has 0 unspecified atom stereocenters. The second-order valence-electron chi connectivity index (χ2n) is 5.88. The Morgan fingerprint density at radius 2 is 2.17 bits per heavy atom. The average molecular weight is 325 g/mol. The number of nitro groups is 1. The highest BCUT2D eigenvalue weighted by Gasteiger charge is 2.29. The topological polar surface area (TPSA) is 105 Å². The summed E-state index contributed by atoms with van der Waals surface area (Å²) >= 11 is 0. The lowest BCUT2D eigenvalue weighted by Gasteiger charge is -2.02. The van der Waals surface area contributed by atoms with Gasteiger partial charge >= 0.3 is 0 Å². The predicted molar refractivity (Wildman–Crippen MR) is 84.2 cm³/mol. The van der Waals surface area contributed by atoms with Gasteiger partial charge in [0.05, 0.1) is 4.92 Å². The lowest BCUT2D eigenvalue weighted by Crippen LogP contribution is -2.08. The van der Waals surface area contributed by atoms with Crippen LogP contribution in [0.4, 0.5) is 5.69 Å². The summed E-state index contributed by atoms with van der Waals surface area (Å²) in [6, 6.07) is 6.28. The molecule has 0 amide bonds. The van der Waals surface area contributed by atoms with Crippen molar-refractivity contribution < 1.29 is 4.92 Å². The second-order valence-corrected chi connectivity index (χ2v) is 5.88. The summed E-state index contributed by atoms with van der Waals surface area (Å²) in [5.74, 6) is 2.81. The van der Waals surface area contributed by atoms with Crippen LogP contribution >= 0.6 is 0 Å². The molecule has 0 aliphatic heterocycles. The SMILES string of the molecule is Cn1c(Cn2cnc(-c3cccc([N+](=O)[O-])c3)n2)nnc1C1CC1. The van der Waals surface area contributed by atoms with Crippen molar-refractivity contribution in [3.05, 3.63) is 52.4 Å². The van der Waals surface area contributed by atoms with E-state index in [4.69, 9.17) is 0 Å². The zero-order valence-corrected chi connectivity index (χ0v) is 13.0. The Kier molecular flexibility index (Phi) is 3.33. The van der Waals surface area contributed by atoms with Crippen LogP contribution in [0.1, 0.15) is 30.4 Å². The van der Waals surface area contributed by atoms with Crippen molar-refractivity contribution in [2.24, 2.45) is 7.05 Å². The monoisotopic (exact) mass is 325 g/mol. The quantitative estimate of drug-likeness (QED) is 0.524. The van der Waals surface area contributed by atoms with Gasteiger partial charge in [-0.15, -0.1) is 10.2 Å². The molecule has 1 fully saturated rings. The molecule has 0 saturated heterocycles. The zero-order chi connectivity index (χ0) is 16.7. The third-order valence-electron chi connectivity index (χ3n) is 4.10. The molecule has 0 bridgehead atoms. The largest absolute Gasteiger partial charge is 0.316 e. The number of nitrogens with zero attached hydrogens (tertiary/aromatic N) is 7. The van der Waals surface area contributed by atoms with E-state index in [-0.39, 0.29) is 5.69 Å². The molecule has 1 aromatic carbocycles. The Labute approximate surface area is 137 Å². The van der Waals surface area contributed by atoms with Crippen LogP contribution in [0.2, 0.25) is 0 Å². The Bertz CT molecular complexity index is 910. The van der Waals surface area contributed by atoms with E-state index in [1.54, 1.807) is 23.1 Å². The number of rotatable bonds is 5. The lowest BCUT2D eigenvalue weighted by molar-refractivity contribution is -0.384. The Morgan fingerprint density at radius 3 is 2.92 bits per heavy atom. The molecule has 9 heteroatoms. The van der Waals surface area contributed by atoms with Gasteiger partial charge in [0.2, 0.25) is 0 Å². The van der Waals surface area contributed by atoms with Gasteiger partial charge in [0.25, 0.3) is 5.69 Å². The third-order valence-corrected chi connectivity index (χ3v) is 4.10. The molecule has 0 atom stereocenters. The van der Waals surface area contributed by atoms with Crippen molar-refractivity contribution >= 4 is 5.69 Å². The zero-order valence-electron chi connectivity index (χ0n) is 13.0. The summed E-state index contributed by atoms with van der Waals surface area (Å²) in [5.41, 5.74) is 0.630. The highest BCUT2D eigenvalue weighted by molar-refractivity contribution is 5.58. The van der Waals surface area contributed by atoms with Gasteiger partial charge in [0, 0.05) is 30.7 Å². The van der Waals surface area contributed by atoms with Crippen LogP contribution < -0.4 is 0 Å². The molecule has 24 heavy (non-hydrogen) atoms. The lowest BCUT2D eigenvalue weighted by atomic mass is 10.2. The Balaban J connectivity index is 1.57. The van der Waals surface area contributed by atoms with Crippen molar-refractivity contribution in [3.63, 3.8) is 0 Å². The van der Waals surface area contributed by atoms with Crippen LogP contribution in [0, 0.1) is 10.1 Å². The highest BCUT2D eigenvalue weighted by atomic mass is 16.6. The standard InChI is InChI=1S/C15H15N7O2/c1-20-13(17-18-15(20)10-5-6-10)8-21-9-16-14(19-21)11-3-2-4-12(7-11)22(23)24/h2-4,7,9-10H,5-6,8H2,1H3. The number of nitro benzene ring substituents is 1. The van der Waals surface area contributed by atoms with Gasteiger partial charge in [-0.05, 0) is 12.8 Å². The molecule has 0 radical (unpaired) electrons. The van der Waals surface area contributed by atoms with Crippen molar-refractivity contribution in [1.29, 1.82) is 0 Å². The molecule has 1 saturated carbocycles. The first-order chi connectivity index (χ1) is 11.6. The summed E-state index contributed by atoms with van der Waals surface area (Å²) in [5, 5.41) is 23.7. The number of hydrogen-bond donors (Lipinski definition) is 0. The van der Waals surface area contributed by atoms with Gasteiger partial charge in [0.15, 0.2) is 11.6 Å². The van der Waals surface area contributed by atoms with Crippen LogP contribution in [-0.4, -0.2) is 34.5 Å². The number of hydrogen-bond acceptors (Lipinski definition) is 6. The summed E-state index contributed by atoms with van der Waals surface area (Å²) in [6.07, 6.45) is 3.94. The van der Waals surface area contributed by atoms with E-state index < -0.39 is 4.92 Å². The predicted octanol–water partition coefficient (Wildman–Crippen LogP) is 1.91. The molecule has 0 N–H and O–H groups in total. The fraction of sp³-hybridized carbons (Fsp3) is 0.333. The number of benzene rings is 1. The first kappa shape index (κ1) is 14.5. The Hall–Kier alpha value is -3.10.